The molecule has 0 saturated carbocycles. The first-order chi connectivity index (χ1) is 28.0. The molecule has 0 unspecified atom stereocenters. The highest BCUT2D eigenvalue weighted by molar-refractivity contribution is 8.02. The fourth-order valence-electron chi connectivity index (χ4n) is 7.72. The molecule has 3 aromatic carbocycles. The van der Waals surface area contributed by atoms with Crippen LogP contribution in [-0.2, 0) is 25.2 Å². The van der Waals surface area contributed by atoms with Crippen molar-refractivity contribution in [2.45, 2.75) is 116 Å². The molecule has 308 valence electrons. The van der Waals surface area contributed by atoms with Crippen molar-refractivity contribution in [2.75, 3.05) is 9.44 Å². The second kappa shape index (κ2) is 18.8. The number of alkyl halides is 6. The van der Waals surface area contributed by atoms with Gasteiger partial charge in [0.05, 0.1) is 46.4 Å². The Hall–Kier alpha value is -3.59. The second-order valence-corrected chi connectivity index (χ2v) is 18.2. The van der Waals surface area contributed by atoms with Gasteiger partial charge in [0.1, 0.15) is 11.0 Å². The van der Waals surface area contributed by atoms with E-state index in [0.717, 1.165) is 129 Å². The molecular formula is C44H46F6N4S4. The fourth-order valence-corrected chi connectivity index (χ4v) is 11.1. The molecule has 0 aliphatic carbocycles. The van der Waals surface area contributed by atoms with E-state index in [9.17, 15) is 26.3 Å². The molecule has 0 fully saturated rings. The largest absolute Gasteiger partial charge is 0.416 e. The zero-order chi connectivity index (χ0) is 40.9. The first kappa shape index (κ1) is 42.5. The lowest BCUT2D eigenvalue weighted by atomic mass is 9.97. The van der Waals surface area contributed by atoms with E-state index in [1.54, 1.807) is 24.3 Å². The monoisotopic (exact) mass is 872 g/mol. The number of benzene rings is 3. The van der Waals surface area contributed by atoms with E-state index in [0.29, 0.717) is 47.8 Å². The van der Waals surface area contributed by atoms with Gasteiger partial charge >= 0.3 is 12.4 Å². The molecule has 0 saturated heterocycles. The van der Waals surface area contributed by atoms with Crippen molar-refractivity contribution in [1.82, 2.24) is 8.75 Å². The van der Waals surface area contributed by atoms with Crippen molar-refractivity contribution < 1.29 is 26.3 Å². The summed E-state index contributed by atoms with van der Waals surface area (Å²) < 4.78 is 101. The van der Waals surface area contributed by atoms with E-state index in [1.165, 1.54) is 46.9 Å². The van der Waals surface area contributed by atoms with Gasteiger partial charge in [0.15, 0.2) is 0 Å². The van der Waals surface area contributed by atoms with Gasteiger partial charge in [-0.25, -0.2) is 0 Å². The molecule has 0 radical (unpaired) electrons. The molecule has 1 aliphatic rings. The number of hydrogen-bond donors (Lipinski definition) is 2. The van der Waals surface area contributed by atoms with Gasteiger partial charge in [0, 0.05) is 30.6 Å². The quantitative estimate of drug-likeness (QED) is 0.0512. The van der Waals surface area contributed by atoms with E-state index in [4.69, 9.17) is 8.75 Å². The number of fused-ring (bicyclic) bond motifs is 2. The van der Waals surface area contributed by atoms with Gasteiger partial charge in [-0.15, -0.1) is 22.7 Å². The number of unbranched alkanes of at least 4 members (excludes halogenated alkanes) is 10. The van der Waals surface area contributed by atoms with Crippen LogP contribution in [0, 0.1) is 0 Å². The Kier molecular flexibility index (Phi) is 13.8. The van der Waals surface area contributed by atoms with Gasteiger partial charge in [-0.3, -0.25) is 0 Å². The molecule has 0 atom stereocenters. The molecule has 4 nitrogen and oxygen atoms in total. The van der Waals surface area contributed by atoms with Gasteiger partial charge in [-0.1, -0.05) is 90.2 Å². The van der Waals surface area contributed by atoms with E-state index in [2.05, 4.69) is 23.3 Å². The highest BCUT2D eigenvalue weighted by Gasteiger charge is 2.35. The summed E-state index contributed by atoms with van der Waals surface area (Å²) in [6.45, 7) is 4.29. The third-order valence-electron chi connectivity index (χ3n) is 10.7. The molecule has 7 rings (SSSR count). The molecule has 0 spiro atoms. The number of aromatic nitrogens is 2. The smallest absolute Gasteiger partial charge is 0.309 e. The number of thiophene rings is 2. The van der Waals surface area contributed by atoms with Crippen LogP contribution >= 0.6 is 46.5 Å². The standard InChI is InChI=1S/C44H46F6N4S4/c1-3-5-7-9-11-13-15-27-25-29(17-19-31(27)43(45,46)47)33-21-23-35(55-33)37-39-41(53-57-51-39)38(42-40(37)52-58-54-42)36-24-22-34(56-36)30-18-20-32(44(48,49)50)28(26-30)16-14-12-10-8-6-4-2/h17-26,51,53H,3-16H2,1-2H3. The summed E-state index contributed by atoms with van der Waals surface area (Å²) in [5.41, 5.74) is 5.78. The Bertz CT molecular complexity index is 2170. The SMILES string of the molecule is CCCCCCCCc1cc(-c2ccc(-c3c4c(c(-c5ccc(-c6ccc(C(F)(F)F)c(CCCCCCCC)c6)s5)c5nsnc35)NSN4)s2)ccc1C(F)(F)F. The average Bonchev–Trinajstić information content (AvgIpc) is 4.04. The lowest BCUT2D eigenvalue weighted by Gasteiger charge is -2.14. The Morgan fingerprint density at radius 2 is 0.897 bits per heavy atom. The van der Waals surface area contributed by atoms with E-state index in [1.807, 2.05) is 24.3 Å². The van der Waals surface area contributed by atoms with E-state index < -0.39 is 23.5 Å². The minimum absolute atomic E-state index is 0.328. The van der Waals surface area contributed by atoms with Gasteiger partial charge in [-0.05, 0) is 96.5 Å². The van der Waals surface area contributed by atoms with Crippen molar-refractivity contribution in [3.8, 4) is 41.8 Å². The Morgan fingerprint density at radius 1 is 0.500 bits per heavy atom. The summed E-state index contributed by atoms with van der Waals surface area (Å²) in [5.74, 6) is 0. The number of rotatable bonds is 18. The van der Waals surface area contributed by atoms with E-state index >= 15 is 0 Å². The minimum Gasteiger partial charge on any atom is -0.309 e. The number of hydrogen-bond acceptors (Lipinski definition) is 8. The first-order valence-corrected chi connectivity index (χ1v) is 23.3. The Morgan fingerprint density at radius 3 is 1.31 bits per heavy atom. The molecule has 1 aliphatic heterocycles. The zero-order valence-electron chi connectivity index (χ0n) is 32.5. The van der Waals surface area contributed by atoms with Crippen LogP contribution in [0.1, 0.15) is 113 Å². The highest BCUT2D eigenvalue weighted by atomic mass is 32.2. The van der Waals surface area contributed by atoms with Gasteiger partial charge < -0.3 is 9.44 Å². The van der Waals surface area contributed by atoms with Crippen molar-refractivity contribution in [1.29, 1.82) is 0 Å². The third-order valence-corrected chi connectivity index (χ3v) is 14.2. The van der Waals surface area contributed by atoms with Crippen LogP contribution in [0.25, 0.3) is 52.8 Å². The summed E-state index contributed by atoms with van der Waals surface area (Å²) in [6, 6.07) is 16.9. The maximum atomic E-state index is 14.1. The third kappa shape index (κ3) is 9.55. The molecule has 0 amide bonds. The van der Waals surface area contributed by atoms with Crippen LogP contribution in [0.15, 0.2) is 60.7 Å². The number of aryl methyl sites for hydroxylation is 2. The zero-order valence-corrected chi connectivity index (χ0v) is 35.7. The van der Waals surface area contributed by atoms with Crippen molar-refractivity contribution >= 4 is 68.9 Å². The minimum atomic E-state index is -4.42. The highest BCUT2D eigenvalue weighted by Crippen LogP contribution is 2.54. The van der Waals surface area contributed by atoms with Crippen molar-refractivity contribution in [2.24, 2.45) is 0 Å². The summed E-state index contributed by atoms with van der Waals surface area (Å²) in [5, 5.41) is 0. The molecule has 0 bridgehead atoms. The lowest BCUT2D eigenvalue weighted by molar-refractivity contribution is -0.139. The molecule has 3 aromatic heterocycles. The van der Waals surface area contributed by atoms with Crippen LogP contribution in [0.2, 0.25) is 0 Å². The van der Waals surface area contributed by atoms with Gasteiger partial charge in [0.2, 0.25) is 0 Å². The first-order valence-electron chi connectivity index (χ1n) is 20.1. The van der Waals surface area contributed by atoms with Gasteiger partial charge in [0.25, 0.3) is 0 Å². The molecule has 2 N–H and O–H groups in total. The maximum absolute atomic E-state index is 14.1. The lowest BCUT2D eigenvalue weighted by Crippen LogP contribution is -2.09. The second-order valence-electron chi connectivity index (χ2n) is 14.9. The summed E-state index contributed by atoms with van der Waals surface area (Å²) in [6.07, 6.45) is 3.95. The maximum Gasteiger partial charge on any atom is 0.416 e. The number of halogens is 6. The summed E-state index contributed by atoms with van der Waals surface area (Å²) >= 11 is 5.43. The van der Waals surface area contributed by atoms with Gasteiger partial charge in [-0.2, -0.15) is 35.1 Å². The number of nitrogens with one attached hydrogen (secondary N) is 2. The molecule has 4 heterocycles. The topological polar surface area (TPSA) is 49.8 Å². The van der Waals surface area contributed by atoms with Crippen LogP contribution in [0.4, 0.5) is 37.7 Å². The molecular weight excluding hydrogens is 827 g/mol. The van der Waals surface area contributed by atoms with Crippen LogP contribution < -0.4 is 9.44 Å². The van der Waals surface area contributed by atoms with Crippen molar-refractivity contribution in [3.05, 3.63) is 82.9 Å². The predicted molar refractivity (Wildman–Crippen MR) is 234 cm³/mol. The number of anilines is 2. The predicted octanol–water partition coefficient (Wildman–Crippen LogP) is 16.7. The fraction of sp³-hybridized carbons (Fsp3) is 0.409. The molecule has 58 heavy (non-hydrogen) atoms. The normalized spacial score (nSPS) is 13.0. The molecule has 14 heteroatoms. The summed E-state index contributed by atoms with van der Waals surface area (Å²) in [4.78, 5) is 3.52. The van der Waals surface area contributed by atoms with Crippen LogP contribution in [0.3, 0.4) is 0 Å². The van der Waals surface area contributed by atoms with Crippen LogP contribution in [-0.4, -0.2) is 8.75 Å². The Balaban J connectivity index is 1.18. The summed E-state index contributed by atoms with van der Waals surface area (Å²) in [7, 11) is 0. The molecule has 6 aromatic rings. The average molecular weight is 873 g/mol. The van der Waals surface area contributed by atoms with Crippen LogP contribution in [0.5, 0.6) is 0 Å². The Labute approximate surface area is 352 Å². The number of nitrogens with zero attached hydrogens (tertiary/aromatic N) is 2. The van der Waals surface area contributed by atoms with Crippen molar-refractivity contribution in [3.63, 3.8) is 0 Å². The van der Waals surface area contributed by atoms with E-state index in [-0.39, 0.29) is 0 Å².